The zero-order valence-corrected chi connectivity index (χ0v) is 16.0. The summed E-state index contributed by atoms with van der Waals surface area (Å²) in [6.45, 7) is 5.66. The highest BCUT2D eigenvalue weighted by molar-refractivity contribution is 5.94. The Balaban J connectivity index is 1.96. The van der Waals surface area contributed by atoms with Crippen LogP contribution in [0.2, 0.25) is 0 Å². The fourth-order valence-corrected chi connectivity index (χ4v) is 2.36. The van der Waals surface area contributed by atoms with Crippen LogP contribution in [0, 0.1) is 13.8 Å². The van der Waals surface area contributed by atoms with Gasteiger partial charge in [0.25, 0.3) is 5.91 Å². The van der Waals surface area contributed by atoms with Gasteiger partial charge >= 0.3 is 0 Å². The summed E-state index contributed by atoms with van der Waals surface area (Å²) in [5.41, 5.74) is 3.65. The standard InChI is InChI=1S/C21H26N2O3/c1-14-6-7-15(2)19(12-14)26-16(3)21(25)22-18-10-8-17(9-11-18)13-20(24)23(4)5/h6-12,16H,13H2,1-5H3,(H,22,25). The molecule has 0 bridgehead atoms. The number of nitrogens with one attached hydrogen (secondary N) is 1. The summed E-state index contributed by atoms with van der Waals surface area (Å²) >= 11 is 0. The van der Waals surface area contributed by atoms with Crippen molar-refractivity contribution in [2.24, 2.45) is 0 Å². The quantitative estimate of drug-likeness (QED) is 0.865. The van der Waals surface area contributed by atoms with Crippen molar-refractivity contribution in [2.45, 2.75) is 33.3 Å². The molecule has 0 radical (unpaired) electrons. The van der Waals surface area contributed by atoms with Crippen molar-refractivity contribution in [3.05, 3.63) is 59.2 Å². The van der Waals surface area contributed by atoms with E-state index in [0.717, 1.165) is 16.7 Å². The Hall–Kier alpha value is -2.82. The Bertz CT molecular complexity index is 782. The highest BCUT2D eigenvalue weighted by Crippen LogP contribution is 2.21. The summed E-state index contributed by atoms with van der Waals surface area (Å²) in [5.74, 6) is 0.533. The van der Waals surface area contributed by atoms with Crippen LogP contribution in [0.4, 0.5) is 5.69 Å². The van der Waals surface area contributed by atoms with Crippen LogP contribution in [0.15, 0.2) is 42.5 Å². The molecule has 2 aromatic carbocycles. The SMILES string of the molecule is Cc1ccc(C)c(OC(C)C(=O)Nc2ccc(CC(=O)N(C)C)cc2)c1. The zero-order chi connectivity index (χ0) is 19.3. The summed E-state index contributed by atoms with van der Waals surface area (Å²) < 4.78 is 5.80. The third-order valence-electron chi connectivity index (χ3n) is 4.09. The molecule has 5 nitrogen and oxygen atoms in total. The van der Waals surface area contributed by atoms with Gasteiger partial charge in [-0.1, -0.05) is 24.3 Å². The van der Waals surface area contributed by atoms with Crippen molar-refractivity contribution in [3.8, 4) is 5.75 Å². The number of aryl methyl sites for hydroxylation is 2. The molecule has 2 aromatic rings. The number of likely N-dealkylation sites (N-methyl/N-ethyl adjacent to an activating group) is 1. The number of carbonyl (C=O) groups is 2. The van der Waals surface area contributed by atoms with E-state index in [1.54, 1.807) is 38.1 Å². The molecule has 0 heterocycles. The van der Waals surface area contributed by atoms with Crippen molar-refractivity contribution in [1.29, 1.82) is 0 Å². The second-order valence-electron chi connectivity index (χ2n) is 6.68. The molecule has 0 fully saturated rings. The summed E-state index contributed by atoms with van der Waals surface area (Å²) in [7, 11) is 3.46. The molecule has 1 atom stereocenters. The van der Waals surface area contributed by atoms with Gasteiger partial charge in [-0.3, -0.25) is 9.59 Å². The number of amides is 2. The Morgan fingerprint density at radius 1 is 1.08 bits per heavy atom. The number of hydrogen-bond donors (Lipinski definition) is 1. The largest absolute Gasteiger partial charge is 0.481 e. The number of benzene rings is 2. The summed E-state index contributed by atoms with van der Waals surface area (Å²) in [6, 6.07) is 13.2. The van der Waals surface area contributed by atoms with Crippen molar-refractivity contribution in [1.82, 2.24) is 4.90 Å². The molecule has 2 rings (SSSR count). The predicted octanol–water partition coefficient (Wildman–Crippen LogP) is 3.34. The number of ether oxygens (including phenoxy) is 1. The van der Waals surface area contributed by atoms with Gasteiger partial charge in [-0.15, -0.1) is 0 Å². The predicted molar refractivity (Wildman–Crippen MR) is 103 cm³/mol. The van der Waals surface area contributed by atoms with E-state index in [4.69, 9.17) is 4.74 Å². The molecule has 5 heteroatoms. The summed E-state index contributed by atoms with van der Waals surface area (Å²) in [4.78, 5) is 25.7. The van der Waals surface area contributed by atoms with Gasteiger partial charge in [0.1, 0.15) is 5.75 Å². The fraction of sp³-hybridized carbons (Fsp3) is 0.333. The second-order valence-corrected chi connectivity index (χ2v) is 6.68. The molecular weight excluding hydrogens is 328 g/mol. The topological polar surface area (TPSA) is 58.6 Å². The normalized spacial score (nSPS) is 11.6. The molecule has 1 unspecified atom stereocenters. The van der Waals surface area contributed by atoms with E-state index in [-0.39, 0.29) is 11.8 Å². The van der Waals surface area contributed by atoms with Crippen molar-refractivity contribution in [3.63, 3.8) is 0 Å². The highest BCUT2D eigenvalue weighted by Gasteiger charge is 2.16. The molecule has 26 heavy (non-hydrogen) atoms. The lowest BCUT2D eigenvalue weighted by Gasteiger charge is -2.17. The first-order chi connectivity index (χ1) is 12.3. The molecule has 0 aliphatic carbocycles. The second kappa shape index (κ2) is 8.52. The lowest BCUT2D eigenvalue weighted by Crippen LogP contribution is -2.30. The Labute approximate surface area is 155 Å². The van der Waals surface area contributed by atoms with Gasteiger partial charge in [-0.05, 0) is 55.7 Å². The third kappa shape index (κ3) is 5.34. The van der Waals surface area contributed by atoms with Crippen LogP contribution in [0.25, 0.3) is 0 Å². The lowest BCUT2D eigenvalue weighted by atomic mass is 10.1. The van der Waals surface area contributed by atoms with Crippen molar-refractivity contribution < 1.29 is 14.3 Å². The van der Waals surface area contributed by atoms with Crippen LogP contribution in [0.5, 0.6) is 5.75 Å². The minimum Gasteiger partial charge on any atom is -0.481 e. The molecule has 2 amide bonds. The number of rotatable bonds is 6. The van der Waals surface area contributed by atoms with Crippen LogP contribution in [0.1, 0.15) is 23.6 Å². The zero-order valence-electron chi connectivity index (χ0n) is 16.0. The minimum absolute atomic E-state index is 0.0392. The Kier molecular flexibility index (Phi) is 6.39. The number of carbonyl (C=O) groups excluding carboxylic acids is 2. The van der Waals surface area contributed by atoms with Gasteiger partial charge < -0.3 is 15.0 Å². The smallest absolute Gasteiger partial charge is 0.265 e. The van der Waals surface area contributed by atoms with Gasteiger partial charge in [-0.25, -0.2) is 0 Å². The van der Waals surface area contributed by atoms with Gasteiger partial charge in [0.05, 0.1) is 6.42 Å². The molecule has 0 spiro atoms. The van der Waals surface area contributed by atoms with Gasteiger partial charge in [0.15, 0.2) is 6.10 Å². The molecule has 0 aliphatic rings. The van der Waals surface area contributed by atoms with E-state index in [1.807, 2.05) is 44.2 Å². The first kappa shape index (κ1) is 19.5. The molecule has 0 aliphatic heterocycles. The minimum atomic E-state index is -0.620. The number of nitrogens with zero attached hydrogens (tertiary/aromatic N) is 1. The van der Waals surface area contributed by atoms with Crippen LogP contribution < -0.4 is 10.1 Å². The lowest BCUT2D eigenvalue weighted by molar-refractivity contribution is -0.128. The van der Waals surface area contributed by atoms with E-state index in [9.17, 15) is 9.59 Å². The average Bonchev–Trinajstić information content (AvgIpc) is 2.59. The molecule has 0 saturated carbocycles. The highest BCUT2D eigenvalue weighted by atomic mass is 16.5. The molecular formula is C21H26N2O3. The summed E-state index contributed by atoms with van der Waals surface area (Å²) in [6.07, 6.45) is -0.279. The Morgan fingerprint density at radius 3 is 2.35 bits per heavy atom. The maximum absolute atomic E-state index is 12.4. The van der Waals surface area contributed by atoms with Gasteiger partial charge in [0.2, 0.25) is 5.91 Å². The maximum atomic E-state index is 12.4. The van der Waals surface area contributed by atoms with E-state index in [1.165, 1.54) is 0 Å². The molecule has 0 saturated heterocycles. The molecule has 138 valence electrons. The van der Waals surface area contributed by atoms with Crippen molar-refractivity contribution >= 4 is 17.5 Å². The van der Waals surface area contributed by atoms with E-state index in [0.29, 0.717) is 17.9 Å². The average molecular weight is 354 g/mol. The monoisotopic (exact) mass is 354 g/mol. The Morgan fingerprint density at radius 2 is 1.73 bits per heavy atom. The molecule has 1 N–H and O–H groups in total. The maximum Gasteiger partial charge on any atom is 0.265 e. The van der Waals surface area contributed by atoms with E-state index in [2.05, 4.69) is 5.32 Å². The van der Waals surface area contributed by atoms with Crippen LogP contribution in [0.3, 0.4) is 0 Å². The van der Waals surface area contributed by atoms with Gasteiger partial charge in [-0.2, -0.15) is 0 Å². The van der Waals surface area contributed by atoms with Gasteiger partial charge in [0, 0.05) is 19.8 Å². The number of hydrogen-bond acceptors (Lipinski definition) is 3. The fourth-order valence-electron chi connectivity index (χ4n) is 2.36. The van der Waals surface area contributed by atoms with Crippen LogP contribution in [-0.4, -0.2) is 36.9 Å². The van der Waals surface area contributed by atoms with Crippen LogP contribution >= 0.6 is 0 Å². The molecule has 0 aromatic heterocycles. The summed E-state index contributed by atoms with van der Waals surface area (Å²) in [5, 5.41) is 2.84. The number of anilines is 1. The first-order valence-electron chi connectivity index (χ1n) is 8.60. The van der Waals surface area contributed by atoms with E-state index < -0.39 is 6.10 Å². The third-order valence-corrected chi connectivity index (χ3v) is 4.09. The first-order valence-corrected chi connectivity index (χ1v) is 8.60. The van der Waals surface area contributed by atoms with E-state index >= 15 is 0 Å². The van der Waals surface area contributed by atoms with Crippen LogP contribution in [-0.2, 0) is 16.0 Å². The van der Waals surface area contributed by atoms with Crippen molar-refractivity contribution in [2.75, 3.05) is 19.4 Å².